The first-order valence-electron chi connectivity index (χ1n) is 27.9. The Labute approximate surface area is 558 Å². The van der Waals surface area contributed by atoms with E-state index in [1.165, 1.54) is 11.1 Å². The van der Waals surface area contributed by atoms with E-state index in [0.717, 1.165) is 96.2 Å². The van der Waals surface area contributed by atoms with Gasteiger partial charge in [-0.3, -0.25) is 0 Å². The summed E-state index contributed by atoms with van der Waals surface area (Å²) in [7, 11) is -0.787. The van der Waals surface area contributed by atoms with Gasteiger partial charge in [-0.25, -0.2) is 0 Å². The Bertz CT molecular complexity index is 3260. The lowest BCUT2D eigenvalue weighted by Gasteiger charge is -2.32. The fourth-order valence-electron chi connectivity index (χ4n) is 9.42. The second kappa shape index (κ2) is 28.3. The van der Waals surface area contributed by atoms with Crippen molar-refractivity contribution in [3.8, 4) is 0 Å². The quantitative estimate of drug-likeness (QED) is 0.0794. The smallest absolute Gasteiger partial charge is 0.399 e. The van der Waals surface area contributed by atoms with Crippen LogP contribution in [0.4, 0.5) is 51.2 Å². The van der Waals surface area contributed by atoms with Gasteiger partial charge in [-0.05, 0) is 241 Å². The van der Waals surface area contributed by atoms with Crippen molar-refractivity contribution >= 4 is 184 Å². The van der Waals surface area contributed by atoms with E-state index in [9.17, 15) is 0 Å². The molecule has 0 unspecified atom stereocenters. The van der Waals surface area contributed by atoms with Gasteiger partial charge in [-0.2, -0.15) is 0 Å². The molecule has 85 heavy (non-hydrogen) atoms. The minimum atomic E-state index is -0.394. The summed E-state index contributed by atoms with van der Waals surface area (Å²) in [5, 5.41) is 1.68. The largest absolute Gasteiger partial charge is 0.494 e. The van der Waals surface area contributed by atoms with Gasteiger partial charge in [0.1, 0.15) is 0 Å². The first kappa shape index (κ1) is 65.0. The summed E-state index contributed by atoms with van der Waals surface area (Å²) in [6.45, 7) is 16.6. The summed E-state index contributed by atoms with van der Waals surface area (Å²) >= 11 is 27.0. The average Bonchev–Trinajstić information content (AvgIpc) is 3.72. The van der Waals surface area contributed by atoms with Crippen LogP contribution in [0.1, 0.15) is 72.1 Å². The molecule has 7 nitrogen and oxygen atoms in total. The fourth-order valence-corrected chi connectivity index (χ4v) is 11.4. The Balaban J connectivity index is 0.000000162. The van der Waals surface area contributed by atoms with Crippen LogP contribution in [0.5, 0.6) is 0 Å². The van der Waals surface area contributed by atoms with E-state index >= 15 is 0 Å². The lowest BCUT2D eigenvalue weighted by atomic mass is 9.79. The third-order valence-electron chi connectivity index (χ3n) is 15.7. The molecule has 9 aromatic carbocycles. The maximum atomic E-state index is 6.27. The van der Waals surface area contributed by atoms with E-state index in [1.807, 2.05) is 24.3 Å². The van der Waals surface area contributed by atoms with E-state index in [2.05, 4.69) is 360 Å². The average molecular weight is 1540 g/mol. The number of nitrogens with zero attached hydrogens (tertiary/aromatic N) is 3. The lowest BCUT2D eigenvalue weighted by molar-refractivity contribution is 0.00578. The first-order chi connectivity index (χ1) is 40.6. The van der Waals surface area contributed by atoms with Crippen LogP contribution in [0.2, 0.25) is 0 Å². The van der Waals surface area contributed by atoms with Crippen molar-refractivity contribution in [2.75, 3.05) is 14.7 Å². The van der Waals surface area contributed by atoms with Gasteiger partial charge in [-0.1, -0.05) is 156 Å². The molecule has 2 heterocycles. The molecule has 2 saturated heterocycles. The van der Waals surface area contributed by atoms with E-state index in [4.69, 9.17) is 30.2 Å². The zero-order chi connectivity index (χ0) is 60.7. The minimum absolute atomic E-state index is 0.377. The van der Waals surface area contributed by atoms with E-state index < -0.39 is 14.2 Å². The lowest BCUT2D eigenvalue weighted by Crippen LogP contribution is -2.41. The van der Waals surface area contributed by atoms with Crippen LogP contribution in [0.15, 0.2) is 236 Å². The van der Waals surface area contributed by atoms with Gasteiger partial charge in [0.15, 0.2) is 0 Å². The van der Waals surface area contributed by atoms with Crippen molar-refractivity contribution < 1.29 is 18.6 Å². The summed E-state index contributed by atoms with van der Waals surface area (Å²) < 4.78 is 29.4. The molecule has 0 aliphatic carbocycles. The number of hydrogen-bond acceptors (Lipinski definition) is 7. The fraction of sp³-hybridized carbons (Fsp3) is 0.217. The van der Waals surface area contributed by atoms with E-state index in [-0.39, 0.29) is 22.4 Å². The predicted molar refractivity (Wildman–Crippen MR) is 380 cm³/mol. The SMILES string of the molecule is BrCc1ccc(N(c2ccc(Br)cc2)c2ccc(Br)cc2)cc1.CC1(C)OB(c2ccc(N(c3ccc(CBr)cc3)c3ccc(B4OC(C)(C)C(C)(C)O4)cc3)cc2)OC1(C)C.ClCc1ccc(N(c2ccc(Br)cc2)c2ccc(Br)cc2)cc1. The zero-order valence-corrected chi connectivity index (χ0v) is 59.0. The van der Waals surface area contributed by atoms with Gasteiger partial charge in [0.25, 0.3) is 0 Å². The Kier molecular flexibility index (Phi) is 21.7. The van der Waals surface area contributed by atoms with Gasteiger partial charge in [0.2, 0.25) is 0 Å². The second-order valence-electron chi connectivity index (χ2n) is 22.7. The summed E-state index contributed by atoms with van der Waals surface area (Å²) in [6.07, 6.45) is 0. The van der Waals surface area contributed by atoms with Crippen molar-refractivity contribution in [2.24, 2.45) is 0 Å². The van der Waals surface area contributed by atoms with Crippen LogP contribution in [0.25, 0.3) is 0 Å². The van der Waals surface area contributed by atoms with Crippen LogP contribution in [-0.4, -0.2) is 36.6 Å². The van der Waals surface area contributed by atoms with E-state index in [1.54, 1.807) is 0 Å². The molecule has 0 N–H and O–H groups in total. The zero-order valence-electron chi connectivity index (χ0n) is 48.7. The number of alkyl halides is 3. The maximum Gasteiger partial charge on any atom is 0.494 e. The number of benzene rings is 9. The Hall–Kier alpha value is -4.48. The molecule has 0 saturated carbocycles. The van der Waals surface area contributed by atoms with Crippen LogP contribution >= 0.6 is 107 Å². The molecular formula is C69H66B2Br6ClN3O4. The monoisotopic (exact) mass is 1530 g/mol. The van der Waals surface area contributed by atoms with Crippen molar-refractivity contribution in [1.82, 2.24) is 0 Å². The third-order valence-corrected chi connectivity index (χ3v) is 19.5. The molecule has 0 spiro atoms. The first-order valence-corrected chi connectivity index (χ1v) is 33.8. The van der Waals surface area contributed by atoms with Gasteiger partial charge < -0.3 is 33.3 Å². The number of anilines is 9. The summed E-state index contributed by atoms with van der Waals surface area (Å²) in [5.41, 5.74) is 14.0. The van der Waals surface area contributed by atoms with Gasteiger partial charge in [-0.15, -0.1) is 11.6 Å². The minimum Gasteiger partial charge on any atom is -0.399 e. The van der Waals surface area contributed by atoms with Crippen LogP contribution in [-0.2, 0) is 35.2 Å². The number of halogens is 7. The molecule has 0 amide bonds. The Morgan fingerprint density at radius 3 is 0.659 bits per heavy atom. The molecule has 0 radical (unpaired) electrons. The number of rotatable bonds is 14. The van der Waals surface area contributed by atoms with Crippen molar-refractivity contribution in [3.63, 3.8) is 0 Å². The molecule has 9 aromatic rings. The maximum absolute atomic E-state index is 6.27. The highest BCUT2D eigenvalue weighted by atomic mass is 79.9. The molecule has 2 fully saturated rings. The molecule has 0 aromatic heterocycles. The summed E-state index contributed by atoms with van der Waals surface area (Å²) in [4.78, 5) is 6.72. The predicted octanol–water partition coefficient (Wildman–Crippen LogP) is 21.6. The highest BCUT2D eigenvalue weighted by molar-refractivity contribution is 9.11. The standard InChI is InChI=1S/C31H38B2BrNO4.C19H14Br3N.C19H14Br2ClN/c1-28(2)29(3,4)37-32(36-28)23-11-17-26(18-12-23)35(25-15-9-22(21-34)10-16-25)27-19-13-24(14-20-27)33-38-30(5,6)31(7,8)39-33;20-13-14-1-7-17(8-2-14)23(18-9-3-15(21)4-10-18)19-11-5-16(22)6-12-19;20-15-3-9-18(10-4-15)23(19-11-5-16(21)6-12-19)17-7-1-14(13-22)2-8-17/h9-20H,21H2,1-8H3;2*1-12H,13H2. The third kappa shape index (κ3) is 15.9. The van der Waals surface area contributed by atoms with Gasteiger partial charge in [0, 0.05) is 85.6 Å². The molecule has 0 bridgehead atoms. The second-order valence-corrected chi connectivity index (χ2v) is 27.7. The summed E-state index contributed by atoms with van der Waals surface area (Å²) in [5.74, 6) is 0.525. The van der Waals surface area contributed by atoms with Crippen LogP contribution < -0.4 is 25.6 Å². The van der Waals surface area contributed by atoms with Crippen LogP contribution in [0, 0.1) is 0 Å². The topological polar surface area (TPSA) is 46.6 Å². The molecule has 2 aliphatic rings. The van der Waals surface area contributed by atoms with E-state index in [0.29, 0.717) is 5.88 Å². The van der Waals surface area contributed by atoms with Crippen LogP contribution in [0.3, 0.4) is 0 Å². The molecule has 16 heteroatoms. The molecule has 2 aliphatic heterocycles. The van der Waals surface area contributed by atoms with Gasteiger partial charge >= 0.3 is 14.2 Å². The van der Waals surface area contributed by atoms with Gasteiger partial charge in [0.05, 0.1) is 22.4 Å². The molecule has 0 atom stereocenters. The highest BCUT2D eigenvalue weighted by Gasteiger charge is 2.52. The normalized spacial score (nSPS) is 15.3. The summed E-state index contributed by atoms with van der Waals surface area (Å²) in [6, 6.07) is 75.7. The molecule has 11 rings (SSSR count). The Morgan fingerprint density at radius 2 is 0.471 bits per heavy atom. The molecule has 436 valence electrons. The highest BCUT2D eigenvalue weighted by Crippen LogP contribution is 2.41. The molecular weight excluding hydrogens is 1470 g/mol. The Morgan fingerprint density at radius 1 is 0.294 bits per heavy atom. The van der Waals surface area contributed by atoms with Crippen molar-refractivity contribution in [1.29, 1.82) is 0 Å². The number of hydrogen-bond donors (Lipinski definition) is 0. The van der Waals surface area contributed by atoms with Crippen molar-refractivity contribution in [3.05, 3.63) is 253 Å². The van der Waals surface area contributed by atoms with Crippen molar-refractivity contribution in [2.45, 2.75) is 94.3 Å².